The van der Waals surface area contributed by atoms with Gasteiger partial charge in [-0.15, -0.1) is 0 Å². The van der Waals surface area contributed by atoms with Crippen LogP contribution < -0.4 is 15.5 Å². The molecule has 5 rings (SSSR count). The molecule has 7 nitrogen and oxygen atoms in total. The topological polar surface area (TPSA) is 76.7 Å². The largest absolute Gasteiger partial charge is 0.399 e. The molecule has 3 aliphatic rings. The normalized spacial score (nSPS) is 22.2. The van der Waals surface area contributed by atoms with Gasteiger partial charge in [0.05, 0.1) is 32.5 Å². The van der Waals surface area contributed by atoms with Gasteiger partial charge in [0.2, 0.25) is 0 Å². The number of rotatable bonds is 2. The van der Waals surface area contributed by atoms with Gasteiger partial charge in [-0.2, -0.15) is 0 Å². The van der Waals surface area contributed by atoms with Gasteiger partial charge in [0.1, 0.15) is 11.6 Å². The summed E-state index contributed by atoms with van der Waals surface area (Å²) < 4.78 is 11.2. The lowest BCUT2D eigenvalue weighted by Gasteiger charge is -2.31. The van der Waals surface area contributed by atoms with Crippen LogP contribution in [0.3, 0.4) is 0 Å². The quantitative estimate of drug-likeness (QED) is 0.816. The molecule has 0 radical (unpaired) electrons. The van der Waals surface area contributed by atoms with Crippen LogP contribution >= 0.6 is 0 Å². The Hall–Kier alpha value is -2.38. The molecule has 0 spiro atoms. The SMILES string of the molecule is Nc1ccc(-c2nc(N3CCOCC3)c3c(n2)N2CCOCC2C3)cc1. The van der Waals surface area contributed by atoms with Gasteiger partial charge in [-0.25, -0.2) is 9.97 Å². The maximum absolute atomic E-state index is 5.84. The van der Waals surface area contributed by atoms with Gasteiger partial charge in [0.25, 0.3) is 0 Å². The van der Waals surface area contributed by atoms with Crippen LogP contribution in [0.1, 0.15) is 5.56 Å². The summed E-state index contributed by atoms with van der Waals surface area (Å²) in [6.45, 7) is 5.62. The predicted molar refractivity (Wildman–Crippen MR) is 101 cm³/mol. The van der Waals surface area contributed by atoms with Crippen LogP contribution in [0.2, 0.25) is 0 Å². The predicted octanol–water partition coefficient (Wildman–Crippen LogP) is 1.32. The Bertz CT molecular complexity index is 804. The lowest BCUT2D eigenvalue weighted by molar-refractivity contribution is 0.0973. The molecule has 7 heteroatoms. The van der Waals surface area contributed by atoms with Crippen molar-refractivity contribution in [3.63, 3.8) is 0 Å². The molecule has 0 amide bonds. The molecule has 2 N–H and O–H groups in total. The van der Waals surface area contributed by atoms with E-state index in [0.717, 1.165) is 81.2 Å². The molecule has 2 fully saturated rings. The third-order valence-corrected chi connectivity index (χ3v) is 5.38. The number of hydrogen-bond donors (Lipinski definition) is 1. The molecule has 1 unspecified atom stereocenters. The van der Waals surface area contributed by atoms with Crippen molar-refractivity contribution in [3.8, 4) is 11.4 Å². The third-order valence-electron chi connectivity index (χ3n) is 5.38. The van der Waals surface area contributed by atoms with E-state index < -0.39 is 0 Å². The van der Waals surface area contributed by atoms with E-state index in [-0.39, 0.29) is 0 Å². The van der Waals surface area contributed by atoms with Gasteiger partial charge in [-0.3, -0.25) is 0 Å². The molecule has 2 saturated heterocycles. The zero-order valence-electron chi connectivity index (χ0n) is 14.7. The summed E-state index contributed by atoms with van der Waals surface area (Å²) >= 11 is 0. The summed E-state index contributed by atoms with van der Waals surface area (Å²) in [5.74, 6) is 2.89. The average Bonchev–Trinajstić information content (AvgIpc) is 3.07. The third kappa shape index (κ3) is 2.68. The second-order valence-electron chi connectivity index (χ2n) is 7.02. The number of ether oxygens (including phenoxy) is 2. The molecule has 4 heterocycles. The number of benzene rings is 1. The number of nitrogens with two attached hydrogens (primary N) is 1. The fraction of sp³-hybridized carbons (Fsp3) is 0.474. The molecule has 1 aromatic heterocycles. The fourth-order valence-corrected chi connectivity index (χ4v) is 4.02. The van der Waals surface area contributed by atoms with Gasteiger partial charge in [0, 0.05) is 42.9 Å². The maximum Gasteiger partial charge on any atom is 0.163 e. The lowest BCUT2D eigenvalue weighted by atomic mass is 10.1. The first-order valence-electron chi connectivity index (χ1n) is 9.23. The summed E-state index contributed by atoms with van der Waals surface area (Å²) in [5.41, 5.74) is 8.84. The first-order valence-corrected chi connectivity index (χ1v) is 9.23. The van der Waals surface area contributed by atoms with Crippen molar-refractivity contribution in [2.45, 2.75) is 12.5 Å². The zero-order chi connectivity index (χ0) is 17.5. The molecule has 2 aromatic rings. The Balaban J connectivity index is 1.62. The first-order chi connectivity index (χ1) is 12.8. The monoisotopic (exact) mass is 353 g/mol. The van der Waals surface area contributed by atoms with Gasteiger partial charge >= 0.3 is 0 Å². The van der Waals surface area contributed by atoms with Crippen LogP contribution in [0.25, 0.3) is 11.4 Å². The highest BCUT2D eigenvalue weighted by molar-refractivity contribution is 5.71. The number of aromatic nitrogens is 2. The van der Waals surface area contributed by atoms with Crippen LogP contribution in [0.5, 0.6) is 0 Å². The second-order valence-corrected chi connectivity index (χ2v) is 7.02. The van der Waals surface area contributed by atoms with Crippen molar-refractivity contribution < 1.29 is 9.47 Å². The molecule has 1 aromatic carbocycles. The molecule has 3 aliphatic heterocycles. The molecule has 1 atom stereocenters. The summed E-state index contributed by atoms with van der Waals surface area (Å²) in [4.78, 5) is 14.7. The van der Waals surface area contributed by atoms with Gasteiger partial charge < -0.3 is 25.0 Å². The molecule has 26 heavy (non-hydrogen) atoms. The van der Waals surface area contributed by atoms with Crippen LogP contribution in [0.15, 0.2) is 24.3 Å². The first kappa shape index (κ1) is 15.8. The number of nitrogen functional groups attached to an aromatic ring is 1. The highest BCUT2D eigenvalue weighted by Crippen LogP contribution is 2.39. The van der Waals surface area contributed by atoms with E-state index in [1.54, 1.807) is 0 Å². The van der Waals surface area contributed by atoms with Crippen molar-refractivity contribution in [1.29, 1.82) is 0 Å². The second kappa shape index (κ2) is 6.41. The number of fused-ring (bicyclic) bond motifs is 3. The van der Waals surface area contributed by atoms with E-state index in [2.05, 4.69) is 9.80 Å². The summed E-state index contributed by atoms with van der Waals surface area (Å²) in [7, 11) is 0. The summed E-state index contributed by atoms with van der Waals surface area (Å²) in [6.07, 6.45) is 0.948. The van der Waals surface area contributed by atoms with Gasteiger partial charge in [0.15, 0.2) is 5.82 Å². The van der Waals surface area contributed by atoms with E-state index in [4.69, 9.17) is 25.2 Å². The average molecular weight is 353 g/mol. The highest BCUT2D eigenvalue weighted by atomic mass is 16.5. The van der Waals surface area contributed by atoms with Crippen LogP contribution in [-0.2, 0) is 15.9 Å². The maximum atomic E-state index is 5.84. The van der Waals surface area contributed by atoms with Crippen molar-refractivity contribution >= 4 is 17.3 Å². The van der Waals surface area contributed by atoms with Crippen molar-refractivity contribution in [2.24, 2.45) is 0 Å². The minimum Gasteiger partial charge on any atom is -0.399 e. The summed E-state index contributed by atoms with van der Waals surface area (Å²) in [5, 5.41) is 0. The smallest absolute Gasteiger partial charge is 0.163 e. The van der Waals surface area contributed by atoms with Crippen molar-refractivity contribution in [2.75, 3.05) is 61.6 Å². The molecule has 0 saturated carbocycles. The van der Waals surface area contributed by atoms with Gasteiger partial charge in [-0.1, -0.05) is 0 Å². The van der Waals surface area contributed by atoms with E-state index in [0.29, 0.717) is 6.04 Å². The van der Waals surface area contributed by atoms with E-state index in [1.165, 1.54) is 5.56 Å². The van der Waals surface area contributed by atoms with E-state index >= 15 is 0 Å². The number of nitrogens with zero attached hydrogens (tertiary/aromatic N) is 4. The van der Waals surface area contributed by atoms with E-state index in [1.807, 2.05) is 24.3 Å². The van der Waals surface area contributed by atoms with Crippen molar-refractivity contribution in [3.05, 3.63) is 29.8 Å². The standard InChI is InChI=1S/C19H23N5O2/c20-14-3-1-13(2-4-14)17-21-18(23-5-8-25-9-6-23)16-11-15-12-26-10-7-24(15)19(16)22-17/h1-4,15H,5-12,20H2. The Labute approximate surface area is 152 Å². The number of morpholine rings is 2. The number of anilines is 3. The minimum absolute atomic E-state index is 0.370. The van der Waals surface area contributed by atoms with E-state index in [9.17, 15) is 0 Å². The highest BCUT2D eigenvalue weighted by Gasteiger charge is 2.37. The Kier molecular flexibility index (Phi) is 3.90. The van der Waals surface area contributed by atoms with Crippen molar-refractivity contribution in [1.82, 2.24) is 9.97 Å². The van der Waals surface area contributed by atoms with Crippen LogP contribution in [0, 0.1) is 0 Å². The lowest BCUT2D eigenvalue weighted by Crippen LogP contribution is -2.43. The molecule has 0 bridgehead atoms. The van der Waals surface area contributed by atoms with Gasteiger partial charge in [-0.05, 0) is 24.3 Å². The Morgan fingerprint density at radius 1 is 0.923 bits per heavy atom. The molecule has 0 aliphatic carbocycles. The molecular formula is C19H23N5O2. The number of hydrogen-bond acceptors (Lipinski definition) is 7. The minimum atomic E-state index is 0.370. The Morgan fingerprint density at radius 2 is 1.65 bits per heavy atom. The fourth-order valence-electron chi connectivity index (χ4n) is 4.02. The molecule has 136 valence electrons. The molecular weight excluding hydrogens is 330 g/mol. The van der Waals surface area contributed by atoms with Crippen LogP contribution in [0.4, 0.5) is 17.3 Å². The zero-order valence-corrected chi connectivity index (χ0v) is 14.7. The summed E-state index contributed by atoms with van der Waals surface area (Å²) in [6, 6.07) is 8.16. The van der Waals surface area contributed by atoms with Crippen LogP contribution in [-0.4, -0.2) is 62.1 Å². The Morgan fingerprint density at radius 3 is 2.46 bits per heavy atom.